The van der Waals surface area contributed by atoms with Gasteiger partial charge in [0.2, 0.25) is 11.8 Å². The van der Waals surface area contributed by atoms with Crippen molar-refractivity contribution in [3.05, 3.63) is 52.0 Å². The van der Waals surface area contributed by atoms with Crippen LogP contribution in [0.5, 0.6) is 0 Å². The van der Waals surface area contributed by atoms with Crippen LogP contribution in [0.25, 0.3) is 0 Å². The highest BCUT2D eigenvalue weighted by Gasteiger charge is 2.32. The molecule has 3 heterocycles. The van der Waals surface area contributed by atoms with E-state index in [-0.39, 0.29) is 18.2 Å². The molecule has 2 amide bonds. The highest BCUT2D eigenvalue weighted by molar-refractivity contribution is 7.10. The van der Waals surface area contributed by atoms with Gasteiger partial charge in [0.05, 0.1) is 19.0 Å². The van der Waals surface area contributed by atoms with Crippen LogP contribution in [-0.4, -0.2) is 52.8 Å². The Morgan fingerprint density at radius 3 is 3.00 bits per heavy atom. The van der Waals surface area contributed by atoms with Crippen molar-refractivity contribution in [1.82, 2.24) is 20.1 Å². The first-order valence-electron chi connectivity index (χ1n) is 8.72. The Kier molecular flexibility index (Phi) is 6.00. The summed E-state index contributed by atoms with van der Waals surface area (Å²) in [6.07, 6.45) is 3.72. The van der Waals surface area contributed by atoms with Gasteiger partial charge in [-0.15, -0.1) is 11.3 Å². The van der Waals surface area contributed by atoms with Crippen LogP contribution in [-0.2, 0) is 22.7 Å². The normalized spacial score (nSPS) is 17.8. The SMILES string of the molecule is Cc1ccsc1CN(C)C(=O)CC1C(=O)NCCN1Cc1cccnc1. The maximum absolute atomic E-state index is 12.7. The molecule has 1 fully saturated rings. The molecule has 0 aromatic carbocycles. The van der Waals surface area contributed by atoms with Crippen molar-refractivity contribution in [3.8, 4) is 0 Å². The van der Waals surface area contributed by atoms with Crippen molar-refractivity contribution < 1.29 is 9.59 Å². The summed E-state index contributed by atoms with van der Waals surface area (Å²) in [5, 5.41) is 4.92. The summed E-state index contributed by atoms with van der Waals surface area (Å²) in [4.78, 5) is 34.2. The molecule has 6 nitrogen and oxygen atoms in total. The van der Waals surface area contributed by atoms with Crippen LogP contribution in [0.2, 0.25) is 0 Å². The zero-order valence-electron chi connectivity index (χ0n) is 15.1. The second-order valence-corrected chi connectivity index (χ2v) is 7.62. The van der Waals surface area contributed by atoms with Gasteiger partial charge in [-0.05, 0) is 35.6 Å². The first-order chi connectivity index (χ1) is 12.5. The van der Waals surface area contributed by atoms with Crippen LogP contribution in [0, 0.1) is 6.92 Å². The molecule has 0 spiro atoms. The summed E-state index contributed by atoms with van der Waals surface area (Å²) < 4.78 is 0. The van der Waals surface area contributed by atoms with Crippen molar-refractivity contribution >= 4 is 23.2 Å². The van der Waals surface area contributed by atoms with Crippen molar-refractivity contribution in [2.75, 3.05) is 20.1 Å². The summed E-state index contributed by atoms with van der Waals surface area (Å²) in [7, 11) is 1.80. The summed E-state index contributed by atoms with van der Waals surface area (Å²) in [6, 6.07) is 5.49. The van der Waals surface area contributed by atoms with Crippen LogP contribution in [0.4, 0.5) is 0 Å². The molecule has 0 bridgehead atoms. The first-order valence-corrected chi connectivity index (χ1v) is 9.60. The van der Waals surface area contributed by atoms with Crippen LogP contribution in [0.15, 0.2) is 36.0 Å². The number of rotatable bonds is 6. The molecule has 2 aromatic heterocycles. The fraction of sp³-hybridized carbons (Fsp3) is 0.421. The van der Waals surface area contributed by atoms with Gasteiger partial charge in [-0.2, -0.15) is 0 Å². The topological polar surface area (TPSA) is 65.5 Å². The van der Waals surface area contributed by atoms with E-state index in [0.717, 1.165) is 12.1 Å². The third-order valence-electron chi connectivity index (χ3n) is 4.69. The minimum Gasteiger partial charge on any atom is -0.353 e. The molecular formula is C19H24N4O2S. The molecule has 0 saturated carbocycles. The van der Waals surface area contributed by atoms with E-state index in [1.54, 1.807) is 35.7 Å². The summed E-state index contributed by atoms with van der Waals surface area (Å²) in [5.41, 5.74) is 2.24. The Labute approximate surface area is 157 Å². The fourth-order valence-corrected chi connectivity index (χ4v) is 4.05. The van der Waals surface area contributed by atoms with Gasteiger partial charge in [0, 0.05) is 44.0 Å². The minimum absolute atomic E-state index is 0.0176. The van der Waals surface area contributed by atoms with Crippen molar-refractivity contribution in [1.29, 1.82) is 0 Å². The van der Waals surface area contributed by atoms with E-state index in [1.165, 1.54) is 10.4 Å². The number of hydrogen-bond acceptors (Lipinski definition) is 5. The lowest BCUT2D eigenvalue weighted by molar-refractivity contribution is -0.138. The summed E-state index contributed by atoms with van der Waals surface area (Å²) in [6.45, 7) is 4.58. The maximum atomic E-state index is 12.7. The van der Waals surface area contributed by atoms with Crippen LogP contribution in [0.3, 0.4) is 0 Å². The number of carbonyl (C=O) groups excluding carboxylic acids is 2. The molecule has 1 N–H and O–H groups in total. The molecule has 1 aliphatic heterocycles. The van der Waals surface area contributed by atoms with Crippen molar-refractivity contribution in [3.63, 3.8) is 0 Å². The molecule has 7 heteroatoms. The first kappa shape index (κ1) is 18.5. The van der Waals surface area contributed by atoms with E-state index < -0.39 is 6.04 Å². The quantitative estimate of drug-likeness (QED) is 0.840. The Bertz CT molecular complexity index is 762. The number of pyridine rings is 1. The second-order valence-electron chi connectivity index (χ2n) is 6.62. The summed E-state index contributed by atoms with van der Waals surface area (Å²) in [5.74, 6) is -0.0924. The molecule has 26 heavy (non-hydrogen) atoms. The lowest BCUT2D eigenvalue weighted by atomic mass is 10.1. The van der Waals surface area contributed by atoms with Gasteiger partial charge in [-0.25, -0.2) is 0 Å². The van der Waals surface area contributed by atoms with Crippen molar-refractivity contribution in [2.24, 2.45) is 0 Å². The third kappa shape index (κ3) is 4.47. The van der Waals surface area contributed by atoms with Gasteiger partial charge in [-0.1, -0.05) is 6.07 Å². The molecule has 1 atom stereocenters. The lowest BCUT2D eigenvalue weighted by Crippen LogP contribution is -2.56. The zero-order chi connectivity index (χ0) is 18.5. The summed E-state index contributed by atoms with van der Waals surface area (Å²) >= 11 is 1.65. The standard InChI is InChI=1S/C19H24N4O2S/c1-14-5-9-26-17(14)13-22(2)18(24)10-16-19(25)21-7-8-23(16)12-15-4-3-6-20-11-15/h3-6,9,11,16H,7-8,10,12-13H2,1-2H3,(H,21,25). The molecule has 1 unspecified atom stereocenters. The van der Waals surface area contributed by atoms with E-state index >= 15 is 0 Å². The lowest BCUT2D eigenvalue weighted by Gasteiger charge is -2.35. The van der Waals surface area contributed by atoms with E-state index in [9.17, 15) is 9.59 Å². The number of thiophene rings is 1. The Morgan fingerprint density at radius 2 is 2.31 bits per heavy atom. The molecule has 0 radical (unpaired) electrons. The molecule has 138 valence electrons. The Morgan fingerprint density at radius 1 is 1.46 bits per heavy atom. The molecular weight excluding hydrogens is 348 g/mol. The van der Waals surface area contributed by atoms with Gasteiger partial charge >= 0.3 is 0 Å². The molecule has 0 aliphatic carbocycles. The number of aromatic nitrogens is 1. The third-order valence-corrected chi connectivity index (χ3v) is 5.70. The number of carbonyl (C=O) groups is 2. The minimum atomic E-state index is -0.441. The van der Waals surface area contributed by atoms with E-state index in [2.05, 4.69) is 21.3 Å². The number of nitrogens with one attached hydrogen (secondary N) is 1. The number of hydrogen-bond donors (Lipinski definition) is 1. The highest BCUT2D eigenvalue weighted by Crippen LogP contribution is 2.19. The number of amides is 2. The Balaban J connectivity index is 1.65. The predicted molar refractivity (Wildman–Crippen MR) is 102 cm³/mol. The number of aryl methyl sites for hydroxylation is 1. The van der Waals surface area contributed by atoms with Crippen LogP contribution < -0.4 is 5.32 Å². The van der Waals surface area contributed by atoms with E-state index in [4.69, 9.17) is 0 Å². The number of piperazine rings is 1. The zero-order valence-corrected chi connectivity index (χ0v) is 16.0. The maximum Gasteiger partial charge on any atom is 0.237 e. The fourth-order valence-electron chi connectivity index (χ4n) is 3.09. The van der Waals surface area contributed by atoms with E-state index in [1.807, 2.05) is 24.4 Å². The van der Waals surface area contributed by atoms with Crippen LogP contribution in [0.1, 0.15) is 22.4 Å². The average Bonchev–Trinajstić information content (AvgIpc) is 3.03. The van der Waals surface area contributed by atoms with Gasteiger partial charge in [0.1, 0.15) is 0 Å². The molecule has 3 rings (SSSR count). The van der Waals surface area contributed by atoms with E-state index in [0.29, 0.717) is 19.6 Å². The highest BCUT2D eigenvalue weighted by atomic mass is 32.1. The van der Waals surface area contributed by atoms with Crippen LogP contribution >= 0.6 is 11.3 Å². The second kappa shape index (κ2) is 8.42. The average molecular weight is 372 g/mol. The van der Waals surface area contributed by atoms with Crippen molar-refractivity contribution in [2.45, 2.75) is 32.5 Å². The van der Waals surface area contributed by atoms with Gasteiger partial charge in [-0.3, -0.25) is 19.5 Å². The van der Waals surface area contributed by atoms with Gasteiger partial charge < -0.3 is 10.2 Å². The molecule has 1 aliphatic rings. The predicted octanol–water partition coefficient (Wildman–Crippen LogP) is 1.80. The molecule has 2 aromatic rings. The number of nitrogens with zero attached hydrogens (tertiary/aromatic N) is 3. The van der Waals surface area contributed by atoms with Gasteiger partial charge in [0.25, 0.3) is 0 Å². The monoisotopic (exact) mass is 372 g/mol. The molecule has 1 saturated heterocycles. The smallest absolute Gasteiger partial charge is 0.237 e. The van der Waals surface area contributed by atoms with Gasteiger partial charge in [0.15, 0.2) is 0 Å². The Hall–Kier alpha value is -2.25. The largest absolute Gasteiger partial charge is 0.353 e.